The number of carbonyl (C=O) groups excluding carboxylic acids is 2. The van der Waals surface area contributed by atoms with Gasteiger partial charge in [0, 0.05) is 0 Å². The molecule has 0 amide bonds. The first-order valence-electron chi connectivity index (χ1n) is 5.63. The van der Waals surface area contributed by atoms with Gasteiger partial charge in [0.1, 0.15) is 23.0 Å². The second kappa shape index (κ2) is 6.27. The van der Waals surface area contributed by atoms with Crippen molar-refractivity contribution in [1.82, 2.24) is 4.58 Å². The van der Waals surface area contributed by atoms with E-state index in [4.69, 9.17) is 14.2 Å². The summed E-state index contributed by atoms with van der Waals surface area (Å²) in [4.78, 5) is 24.0. The second-order valence-corrected chi connectivity index (χ2v) is 5.97. The summed E-state index contributed by atoms with van der Waals surface area (Å²) in [7, 11) is 2.59. The molecule has 1 saturated heterocycles. The SMILES string of the molecule is COC(=O)c1sc(=[N+]2CCOCC2)sc1C(=O)OC. The molecule has 2 heterocycles. The average Bonchev–Trinajstić information content (AvgIpc) is 2.91. The first kappa shape index (κ1) is 14.2. The molecule has 0 bridgehead atoms. The number of hydrogen-bond acceptors (Lipinski definition) is 7. The molecule has 0 unspecified atom stereocenters. The lowest BCUT2D eigenvalue weighted by molar-refractivity contribution is 0.0564. The largest absolute Gasteiger partial charge is 0.465 e. The summed E-state index contributed by atoms with van der Waals surface area (Å²) < 4.78 is 17.7. The lowest BCUT2D eigenvalue weighted by Gasteiger charge is -2.08. The molecule has 0 radical (unpaired) electrons. The highest BCUT2D eigenvalue weighted by Gasteiger charge is 2.26. The number of morpholine rings is 1. The van der Waals surface area contributed by atoms with Gasteiger partial charge in [-0.25, -0.2) is 14.2 Å². The summed E-state index contributed by atoms with van der Waals surface area (Å²) in [5, 5.41) is 0. The molecule has 8 heteroatoms. The molecule has 1 aliphatic rings. The van der Waals surface area contributed by atoms with E-state index in [1.165, 1.54) is 36.9 Å². The molecule has 1 aromatic heterocycles. The van der Waals surface area contributed by atoms with Crippen molar-refractivity contribution in [3.05, 3.63) is 13.7 Å². The maximum absolute atomic E-state index is 11.7. The Hall–Kier alpha value is -1.25. The van der Waals surface area contributed by atoms with E-state index in [0.29, 0.717) is 23.0 Å². The topological polar surface area (TPSA) is 64.8 Å². The van der Waals surface area contributed by atoms with Crippen LogP contribution in [0, 0.1) is 0 Å². The Kier molecular flexibility index (Phi) is 4.67. The molecule has 1 aromatic rings. The first-order valence-corrected chi connectivity index (χ1v) is 7.27. The molecule has 0 spiro atoms. The molecule has 1 fully saturated rings. The van der Waals surface area contributed by atoms with E-state index in [2.05, 4.69) is 4.58 Å². The highest BCUT2D eigenvalue weighted by atomic mass is 32.2. The molecule has 19 heavy (non-hydrogen) atoms. The van der Waals surface area contributed by atoms with Crippen molar-refractivity contribution in [2.45, 2.75) is 0 Å². The summed E-state index contributed by atoms with van der Waals surface area (Å²) in [6.07, 6.45) is 0. The van der Waals surface area contributed by atoms with Crippen molar-refractivity contribution in [1.29, 1.82) is 0 Å². The van der Waals surface area contributed by atoms with Crippen LogP contribution in [0.1, 0.15) is 19.3 Å². The molecule has 0 N–H and O–H groups in total. The van der Waals surface area contributed by atoms with Gasteiger partial charge >= 0.3 is 15.9 Å². The van der Waals surface area contributed by atoms with Gasteiger partial charge in [0.15, 0.2) is 13.1 Å². The summed E-state index contributed by atoms with van der Waals surface area (Å²) in [6, 6.07) is 0. The Bertz CT molecular complexity index is 515. The summed E-state index contributed by atoms with van der Waals surface area (Å²) >= 11 is 2.51. The fourth-order valence-corrected chi connectivity index (χ4v) is 4.19. The Balaban J connectivity index is 2.50. The molecule has 1 aliphatic heterocycles. The number of ether oxygens (including phenoxy) is 3. The van der Waals surface area contributed by atoms with Gasteiger partial charge in [0.25, 0.3) is 0 Å². The number of methoxy groups -OCH3 is 2. The lowest BCUT2D eigenvalue weighted by Crippen LogP contribution is -2.37. The minimum absolute atomic E-state index is 0.292. The average molecular weight is 304 g/mol. The van der Waals surface area contributed by atoms with Crippen LogP contribution in [0.25, 0.3) is 0 Å². The second-order valence-electron chi connectivity index (χ2n) is 3.71. The van der Waals surface area contributed by atoms with Crippen LogP contribution in [0.4, 0.5) is 0 Å². The third-order valence-corrected chi connectivity index (χ3v) is 5.24. The maximum Gasteiger partial charge on any atom is 0.350 e. The van der Waals surface area contributed by atoms with Crippen LogP contribution >= 0.6 is 22.7 Å². The van der Waals surface area contributed by atoms with Crippen LogP contribution in [0.3, 0.4) is 0 Å². The highest BCUT2D eigenvalue weighted by Crippen LogP contribution is 2.19. The van der Waals surface area contributed by atoms with Crippen LogP contribution in [0.2, 0.25) is 0 Å². The summed E-state index contributed by atoms with van der Waals surface area (Å²) in [5.74, 6) is -1.03. The van der Waals surface area contributed by atoms with E-state index >= 15 is 0 Å². The van der Waals surface area contributed by atoms with E-state index in [1.807, 2.05) is 0 Å². The fraction of sp³-hybridized carbons (Fsp3) is 0.545. The van der Waals surface area contributed by atoms with E-state index in [0.717, 1.165) is 17.1 Å². The van der Waals surface area contributed by atoms with Crippen molar-refractivity contribution in [3.63, 3.8) is 0 Å². The van der Waals surface area contributed by atoms with E-state index in [9.17, 15) is 9.59 Å². The lowest BCUT2D eigenvalue weighted by atomic mass is 10.4. The Morgan fingerprint density at radius 1 is 1.05 bits per heavy atom. The number of hydrogen-bond donors (Lipinski definition) is 0. The first-order chi connectivity index (χ1) is 9.17. The van der Waals surface area contributed by atoms with Crippen LogP contribution in [-0.4, -0.2) is 52.5 Å². The van der Waals surface area contributed by atoms with E-state index in [-0.39, 0.29) is 0 Å². The molecule has 0 aromatic carbocycles. The zero-order valence-electron chi connectivity index (χ0n) is 10.6. The third kappa shape index (κ3) is 3.02. The van der Waals surface area contributed by atoms with Crippen LogP contribution in [0.5, 0.6) is 0 Å². The van der Waals surface area contributed by atoms with Gasteiger partial charge in [-0.1, -0.05) is 0 Å². The van der Waals surface area contributed by atoms with Gasteiger partial charge in [0.2, 0.25) is 0 Å². The fourth-order valence-electron chi connectivity index (χ4n) is 1.62. The monoisotopic (exact) mass is 304 g/mol. The molecule has 0 aliphatic carbocycles. The minimum atomic E-state index is -0.513. The highest BCUT2D eigenvalue weighted by molar-refractivity contribution is 7.29. The van der Waals surface area contributed by atoms with Crippen LogP contribution in [0.15, 0.2) is 0 Å². The number of carbonyl (C=O) groups is 2. The standard InChI is InChI=1S/C11H14NO5S2/c1-15-9(13)7-8(10(14)16-2)19-11(18-7)12-3-5-17-6-4-12/h3-6H2,1-2H3/q+1. The van der Waals surface area contributed by atoms with Crippen molar-refractivity contribution >= 4 is 34.6 Å². The smallest absolute Gasteiger partial charge is 0.350 e. The summed E-state index contributed by atoms with van der Waals surface area (Å²) in [5.41, 5.74) is 0. The van der Waals surface area contributed by atoms with Crippen molar-refractivity contribution in [3.8, 4) is 0 Å². The molecule has 104 valence electrons. The Morgan fingerprint density at radius 3 is 1.95 bits per heavy atom. The quantitative estimate of drug-likeness (QED) is 0.576. The van der Waals surface area contributed by atoms with Gasteiger partial charge < -0.3 is 14.2 Å². The van der Waals surface area contributed by atoms with Crippen molar-refractivity contribution in [2.24, 2.45) is 0 Å². The Labute approximate surface area is 117 Å². The van der Waals surface area contributed by atoms with Crippen LogP contribution in [-0.2, 0) is 14.2 Å². The summed E-state index contributed by atoms with van der Waals surface area (Å²) in [6.45, 7) is 2.79. The van der Waals surface area contributed by atoms with E-state index < -0.39 is 11.9 Å². The van der Waals surface area contributed by atoms with Gasteiger partial charge in [-0.2, -0.15) is 0 Å². The molecular formula is C11H14NO5S2+. The van der Waals surface area contributed by atoms with Crippen LogP contribution < -0.4 is 8.56 Å². The van der Waals surface area contributed by atoms with E-state index in [1.54, 1.807) is 0 Å². The van der Waals surface area contributed by atoms with Gasteiger partial charge in [-0.3, -0.25) is 0 Å². The maximum atomic E-state index is 11.7. The van der Waals surface area contributed by atoms with Gasteiger partial charge in [-0.05, 0) is 22.7 Å². The van der Waals surface area contributed by atoms with Gasteiger partial charge in [0.05, 0.1) is 14.2 Å². The predicted octanol–water partition coefficient (Wildman–Crippen LogP) is 0.185. The normalized spacial score (nSPS) is 15.2. The predicted molar refractivity (Wildman–Crippen MR) is 70.7 cm³/mol. The van der Waals surface area contributed by atoms with Gasteiger partial charge in [-0.15, -0.1) is 0 Å². The third-order valence-electron chi connectivity index (χ3n) is 2.60. The number of esters is 2. The molecule has 6 nitrogen and oxygen atoms in total. The van der Waals surface area contributed by atoms with Crippen molar-refractivity contribution in [2.75, 3.05) is 40.5 Å². The number of rotatable bonds is 2. The minimum Gasteiger partial charge on any atom is -0.465 e. The zero-order valence-corrected chi connectivity index (χ0v) is 12.3. The molecule has 0 atom stereocenters. The Morgan fingerprint density at radius 2 is 1.53 bits per heavy atom. The number of nitrogens with zero attached hydrogens (tertiary/aromatic N) is 1. The van der Waals surface area contributed by atoms with Crippen molar-refractivity contribution < 1.29 is 23.8 Å². The molecular weight excluding hydrogens is 290 g/mol. The molecule has 0 saturated carbocycles. The molecule has 2 rings (SSSR count). The zero-order chi connectivity index (χ0) is 13.8.